The Hall–Kier alpha value is -2.45. The van der Waals surface area contributed by atoms with Crippen LogP contribution in [0.2, 0.25) is 0 Å². The van der Waals surface area contributed by atoms with Gasteiger partial charge in [-0.1, -0.05) is 24.3 Å². The van der Waals surface area contributed by atoms with Crippen LogP contribution in [0.5, 0.6) is 0 Å². The van der Waals surface area contributed by atoms with Gasteiger partial charge in [0.2, 0.25) is 0 Å². The molecular formula is C23H28ClN3O4. The van der Waals surface area contributed by atoms with Gasteiger partial charge in [-0.05, 0) is 41.8 Å². The van der Waals surface area contributed by atoms with Crippen LogP contribution in [-0.4, -0.2) is 66.8 Å². The summed E-state index contributed by atoms with van der Waals surface area (Å²) in [4.78, 5) is 26.7. The fourth-order valence-corrected chi connectivity index (χ4v) is 3.91. The van der Waals surface area contributed by atoms with E-state index in [4.69, 9.17) is 4.74 Å². The summed E-state index contributed by atoms with van der Waals surface area (Å²) >= 11 is 0. The van der Waals surface area contributed by atoms with E-state index in [1.54, 1.807) is 29.2 Å². The number of hydrogen-bond donors (Lipinski definition) is 3. The van der Waals surface area contributed by atoms with Crippen molar-refractivity contribution in [3.8, 4) is 0 Å². The predicted molar refractivity (Wildman–Crippen MR) is 120 cm³/mol. The van der Waals surface area contributed by atoms with E-state index in [-0.39, 0.29) is 36.8 Å². The molecule has 0 spiro atoms. The number of amides is 2. The van der Waals surface area contributed by atoms with Crippen LogP contribution in [0.3, 0.4) is 0 Å². The average Bonchev–Trinajstić information content (AvgIpc) is 2.82. The zero-order valence-corrected chi connectivity index (χ0v) is 18.1. The molecule has 0 aromatic heterocycles. The summed E-state index contributed by atoms with van der Waals surface area (Å²) in [6, 6.07) is 14.7. The molecular weight excluding hydrogens is 418 g/mol. The van der Waals surface area contributed by atoms with Crippen molar-refractivity contribution in [3.63, 3.8) is 0 Å². The minimum Gasteiger partial charge on any atom is -0.390 e. The number of ether oxygens (including phenoxy) is 1. The Morgan fingerprint density at radius 1 is 1.06 bits per heavy atom. The van der Waals surface area contributed by atoms with Gasteiger partial charge < -0.3 is 25.4 Å². The van der Waals surface area contributed by atoms with Gasteiger partial charge >= 0.3 is 0 Å². The number of nitrogens with one attached hydrogen (secondary N) is 2. The zero-order valence-electron chi connectivity index (χ0n) is 17.3. The average molecular weight is 446 g/mol. The van der Waals surface area contributed by atoms with Crippen LogP contribution >= 0.6 is 12.4 Å². The third kappa shape index (κ3) is 5.62. The summed E-state index contributed by atoms with van der Waals surface area (Å²) in [5.74, 6) is -0.319. The zero-order chi connectivity index (χ0) is 20.9. The van der Waals surface area contributed by atoms with E-state index in [0.29, 0.717) is 44.0 Å². The van der Waals surface area contributed by atoms with Gasteiger partial charge in [0.1, 0.15) is 0 Å². The second-order valence-corrected chi connectivity index (χ2v) is 7.72. The Bertz CT molecular complexity index is 900. The Labute approximate surface area is 188 Å². The highest BCUT2D eigenvalue weighted by atomic mass is 35.5. The number of aliphatic hydroxyl groups is 1. The summed E-state index contributed by atoms with van der Waals surface area (Å²) < 4.78 is 5.27. The summed E-state index contributed by atoms with van der Waals surface area (Å²) in [5.41, 5.74) is 3.49. The predicted octanol–water partition coefficient (Wildman–Crippen LogP) is 1.39. The molecule has 31 heavy (non-hydrogen) atoms. The molecule has 2 aliphatic heterocycles. The van der Waals surface area contributed by atoms with Crippen LogP contribution in [0.25, 0.3) is 0 Å². The molecule has 2 aliphatic rings. The molecule has 3 N–H and O–H groups in total. The molecule has 1 fully saturated rings. The van der Waals surface area contributed by atoms with Crippen molar-refractivity contribution in [2.24, 2.45) is 0 Å². The molecule has 2 aromatic carbocycles. The minimum absolute atomic E-state index is 0. The normalized spacial score (nSPS) is 19.0. The maximum atomic E-state index is 12.5. The number of fused-ring (bicyclic) bond motifs is 1. The van der Waals surface area contributed by atoms with Crippen LogP contribution in [0.15, 0.2) is 48.5 Å². The molecule has 0 aliphatic carbocycles. The van der Waals surface area contributed by atoms with Crippen molar-refractivity contribution in [2.45, 2.75) is 25.1 Å². The Balaban J connectivity index is 0.00000272. The van der Waals surface area contributed by atoms with E-state index < -0.39 is 6.10 Å². The van der Waals surface area contributed by atoms with Gasteiger partial charge in [0, 0.05) is 43.3 Å². The lowest BCUT2D eigenvalue weighted by atomic mass is 9.93. The highest BCUT2D eigenvalue weighted by Gasteiger charge is 2.25. The molecule has 2 atom stereocenters. The largest absolute Gasteiger partial charge is 0.390 e. The number of benzene rings is 2. The first kappa shape index (κ1) is 23.2. The molecule has 2 aromatic rings. The number of carbonyl (C=O) groups is 2. The summed E-state index contributed by atoms with van der Waals surface area (Å²) in [5, 5.41) is 16.6. The molecule has 2 heterocycles. The standard InChI is InChI=1S/C23H27N3O4.ClH/c27-21(20-13-18-3-1-2-4-19(18)14-24-20)15-25-22(28)16-5-7-17(8-6-16)23(29)26-9-11-30-12-10-26;/h1-8,20-21,24,27H,9-15H2,(H,25,28);1H/t20-,21+;/m1./s1. The lowest BCUT2D eigenvalue weighted by Gasteiger charge is -2.30. The molecule has 0 radical (unpaired) electrons. The van der Waals surface area contributed by atoms with E-state index in [2.05, 4.69) is 22.8 Å². The number of carbonyl (C=O) groups excluding carboxylic acids is 2. The number of nitrogens with zero attached hydrogens (tertiary/aromatic N) is 1. The summed E-state index contributed by atoms with van der Waals surface area (Å²) in [7, 11) is 0. The SMILES string of the molecule is Cl.O=C(NC[C@H](O)[C@H]1Cc2ccccc2CN1)c1ccc(C(=O)N2CCOCC2)cc1. The van der Waals surface area contributed by atoms with Crippen molar-refractivity contribution < 1.29 is 19.4 Å². The van der Waals surface area contributed by atoms with Crippen LogP contribution in [0.1, 0.15) is 31.8 Å². The molecule has 0 unspecified atom stereocenters. The maximum Gasteiger partial charge on any atom is 0.254 e. The van der Waals surface area contributed by atoms with Gasteiger partial charge in [0.25, 0.3) is 11.8 Å². The van der Waals surface area contributed by atoms with Crippen LogP contribution in [0.4, 0.5) is 0 Å². The second-order valence-electron chi connectivity index (χ2n) is 7.72. The summed E-state index contributed by atoms with van der Waals surface area (Å²) in [6.07, 6.45) is 0.0374. The third-order valence-electron chi connectivity index (χ3n) is 5.74. The van der Waals surface area contributed by atoms with Crippen molar-refractivity contribution in [2.75, 3.05) is 32.8 Å². The third-order valence-corrected chi connectivity index (χ3v) is 5.74. The summed E-state index contributed by atoms with van der Waals surface area (Å²) in [6.45, 7) is 3.14. The van der Waals surface area contributed by atoms with E-state index in [0.717, 1.165) is 6.42 Å². The van der Waals surface area contributed by atoms with Gasteiger partial charge in [0.05, 0.1) is 19.3 Å². The smallest absolute Gasteiger partial charge is 0.254 e. The minimum atomic E-state index is -0.690. The molecule has 8 heteroatoms. The Morgan fingerprint density at radius 3 is 2.42 bits per heavy atom. The Kier molecular flexibility index (Phi) is 8.03. The highest BCUT2D eigenvalue weighted by molar-refractivity contribution is 5.97. The molecule has 0 saturated carbocycles. The van der Waals surface area contributed by atoms with E-state index in [1.807, 2.05) is 12.1 Å². The number of rotatable bonds is 5. The maximum absolute atomic E-state index is 12.5. The monoisotopic (exact) mass is 445 g/mol. The molecule has 166 valence electrons. The lowest BCUT2D eigenvalue weighted by molar-refractivity contribution is 0.0303. The van der Waals surface area contributed by atoms with Crippen molar-refractivity contribution >= 4 is 24.2 Å². The van der Waals surface area contributed by atoms with E-state index >= 15 is 0 Å². The first-order chi connectivity index (χ1) is 14.6. The first-order valence-electron chi connectivity index (χ1n) is 10.4. The fourth-order valence-electron chi connectivity index (χ4n) is 3.91. The molecule has 2 amide bonds. The van der Waals surface area contributed by atoms with E-state index in [1.165, 1.54) is 11.1 Å². The van der Waals surface area contributed by atoms with Crippen LogP contribution in [0, 0.1) is 0 Å². The molecule has 1 saturated heterocycles. The van der Waals surface area contributed by atoms with Crippen molar-refractivity contribution in [1.29, 1.82) is 0 Å². The van der Waals surface area contributed by atoms with E-state index in [9.17, 15) is 14.7 Å². The topological polar surface area (TPSA) is 90.9 Å². The number of hydrogen-bond acceptors (Lipinski definition) is 5. The quantitative estimate of drug-likeness (QED) is 0.647. The molecule has 7 nitrogen and oxygen atoms in total. The fraction of sp³-hybridized carbons (Fsp3) is 0.391. The highest BCUT2D eigenvalue weighted by Crippen LogP contribution is 2.18. The Morgan fingerprint density at radius 2 is 1.71 bits per heavy atom. The second kappa shape index (κ2) is 10.7. The van der Waals surface area contributed by atoms with Gasteiger partial charge in [-0.15, -0.1) is 12.4 Å². The van der Waals surface area contributed by atoms with Gasteiger partial charge in [-0.2, -0.15) is 0 Å². The van der Waals surface area contributed by atoms with Crippen molar-refractivity contribution in [1.82, 2.24) is 15.5 Å². The first-order valence-corrected chi connectivity index (χ1v) is 10.4. The van der Waals surface area contributed by atoms with Crippen LogP contribution < -0.4 is 10.6 Å². The number of morpholine rings is 1. The number of halogens is 1. The number of aliphatic hydroxyl groups excluding tert-OH is 1. The van der Waals surface area contributed by atoms with Gasteiger partial charge in [-0.3, -0.25) is 9.59 Å². The van der Waals surface area contributed by atoms with Crippen LogP contribution in [-0.2, 0) is 17.7 Å². The van der Waals surface area contributed by atoms with Gasteiger partial charge in [-0.25, -0.2) is 0 Å². The van der Waals surface area contributed by atoms with Gasteiger partial charge in [0.15, 0.2) is 0 Å². The molecule has 0 bridgehead atoms. The van der Waals surface area contributed by atoms with Crippen molar-refractivity contribution in [3.05, 3.63) is 70.8 Å². The lowest BCUT2D eigenvalue weighted by Crippen LogP contribution is -2.49. The molecule has 4 rings (SSSR count).